The third-order valence-corrected chi connectivity index (χ3v) is 5.59. The van der Waals surface area contributed by atoms with Gasteiger partial charge in [0, 0.05) is 6.42 Å². The van der Waals surface area contributed by atoms with Crippen LogP contribution in [0, 0.1) is 5.41 Å². The highest BCUT2D eigenvalue weighted by atomic mass is 32.2. The molecule has 0 saturated heterocycles. The minimum atomic E-state index is -0.564. The largest absolute Gasteiger partial charge is 0.493 e. The summed E-state index contributed by atoms with van der Waals surface area (Å²) < 4.78 is 6.67. The van der Waals surface area contributed by atoms with Crippen LogP contribution < -0.4 is 11.0 Å². The predicted octanol–water partition coefficient (Wildman–Crippen LogP) is 2.92. The number of nitrogens with one attached hydrogen (secondary N) is 3. The van der Waals surface area contributed by atoms with Gasteiger partial charge in [-0.15, -0.1) is 11.8 Å². The van der Waals surface area contributed by atoms with Gasteiger partial charge in [0.15, 0.2) is 5.13 Å². The average molecular weight is 424 g/mol. The molecule has 150 valence electrons. The standard InChI is InChI=1S/C17H21N5O4S2/c1-17(2,3)5-9-6-18-12(26-9)8-27-13-7-19-16(28-13)21-11(23)4-10-14(24)22-15(25)20-10/h6-7,24H,4-5,8H2,1-3H3,(H,19,21,23)(H2,20,22,25). The van der Waals surface area contributed by atoms with Crippen LogP contribution in [0.3, 0.4) is 0 Å². The lowest BCUT2D eigenvalue weighted by Gasteiger charge is -2.15. The molecule has 28 heavy (non-hydrogen) atoms. The molecular weight excluding hydrogens is 402 g/mol. The second-order valence-corrected chi connectivity index (χ2v) is 9.67. The second-order valence-electron chi connectivity index (χ2n) is 7.36. The Bertz CT molecular complexity index is 1010. The number of carbonyl (C=O) groups excluding carboxylic acids is 1. The van der Waals surface area contributed by atoms with E-state index in [2.05, 4.69) is 46.0 Å². The molecule has 4 N–H and O–H groups in total. The number of imidazole rings is 1. The summed E-state index contributed by atoms with van der Waals surface area (Å²) in [5.74, 6) is 1.35. The van der Waals surface area contributed by atoms with Crippen LogP contribution in [-0.4, -0.2) is 30.9 Å². The molecule has 0 unspecified atom stereocenters. The van der Waals surface area contributed by atoms with E-state index < -0.39 is 11.6 Å². The first-order valence-corrected chi connectivity index (χ1v) is 10.3. The fraction of sp³-hybridized carbons (Fsp3) is 0.412. The molecule has 0 aromatic carbocycles. The Morgan fingerprint density at radius 3 is 2.79 bits per heavy atom. The van der Waals surface area contributed by atoms with E-state index in [1.54, 1.807) is 12.4 Å². The van der Waals surface area contributed by atoms with Crippen LogP contribution in [0.15, 0.2) is 25.8 Å². The van der Waals surface area contributed by atoms with Crippen molar-refractivity contribution in [2.45, 2.75) is 43.6 Å². The van der Waals surface area contributed by atoms with Gasteiger partial charge in [0.05, 0.1) is 34.5 Å². The Labute approximate surface area is 169 Å². The highest BCUT2D eigenvalue weighted by Gasteiger charge is 2.16. The van der Waals surface area contributed by atoms with Crippen LogP contribution in [-0.2, 0) is 23.4 Å². The molecule has 0 atom stereocenters. The molecule has 0 aliphatic carbocycles. The van der Waals surface area contributed by atoms with Crippen LogP contribution >= 0.6 is 23.1 Å². The highest BCUT2D eigenvalue weighted by Crippen LogP contribution is 2.31. The van der Waals surface area contributed by atoms with Gasteiger partial charge in [-0.2, -0.15) is 0 Å². The van der Waals surface area contributed by atoms with Gasteiger partial charge in [0.2, 0.25) is 17.7 Å². The number of thioether (sulfide) groups is 1. The smallest absolute Gasteiger partial charge is 0.325 e. The number of amides is 1. The van der Waals surface area contributed by atoms with Crippen molar-refractivity contribution in [3.05, 3.63) is 40.2 Å². The minimum Gasteiger partial charge on any atom is -0.493 e. The summed E-state index contributed by atoms with van der Waals surface area (Å²) >= 11 is 2.84. The number of aromatic nitrogens is 4. The van der Waals surface area contributed by atoms with Gasteiger partial charge in [0.25, 0.3) is 0 Å². The number of hydrogen-bond acceptors (Lipinski definition) is 8. The van der Waals surface area contributed by atoms with Gasteiger partial charge in [-0.25, -0.2) is 14.8 Å². The van der Waals surface area contributed by atoms with Crippen LogP contribution in [0.5, 0.6) is 5.88 Å². The zero-order chi connectivity index (χ0) is 20.3. The molecule has 0 aliphatic rings. The van der Waals surface area contributed by atoms with Crippen molar-refractivity contribution in [1.82, 2.24) is 19.9 Å². The number of hydrogen-bond donors (Lipinski definition) is 4. The summed E-state index contributed by atoms with van der Waals surface area (Å²) in [5, 5.41) is 12.6. The number of rotatable bonds is 7. The highest BCUT2D eigenvalue weighted by molar-refractivity contribution is 8.00. The molecule has 3 aromatic rings. The molecule has 0 fully saturated rings. The van der Waals surface area contributed by atoms with E-state index in [1.807, 2.05) is 0 Å². The Kier molecular flexibility index (Phi) is 5.94. The van der Waals surface area contributed by atoms with Gasteiger partial charge < -0.3 is 19.8 Å². The van der Waals surface area contributed by atoms with Crippen molar-refractivity contribution in [3.63, 3.8) is 0 Å². The summed E-state index contributed by atoms with van der Waals surface area (Å²) in [6.07, 6.45) is 4.09. The van der Waals surface area contributed by atoms with E-state index >= 15 is 0 Å². The fourth-order valence-electron chi connectivity index (χ4n) is 2.40. The number of anilines is 1. The normalized spacial score (nSPS) is 11.7. The number of oxazole rings is 1. The average Bonchev–Trinajstić information content (AvgIpc) is 3.26. The van der Waals surface area contributed by atoms with Crippen molar-refractivity contribution in [3.8, 4) is 5.88 Å². The lowest BCUT2D eigenvalue weighted by atomic mass is 9.91. The molecule has 0 spiro atoms. The van der Waals surface area contributed by atoms with Crippen molar-refractivity contribution >= 4 is 34.1 Å². The lowest BCUT2D eigenvalue weighted by molar-refractivity contribution is -0.115. The Morgan fingerprint density at radius 1 is 1.32 bits per heavy atom. The third-order valence-electron chi connectivity index (χ3n) is 3.49. The van der Waals surface area contributed by atoms with Crippen molar-refractivity contribution < 1.29 is 14.3 Å². The van der Waals surface area contributed by atoms with Crippen LogP contribution in [0.4, 0.5) is 5.13 Å². The Hall–Kier alpha value is -2.53. The van der Waals surface area contributed by atoms with Gasteiger partial charge in [-0.3, -0.25) is 9.78 Å². The van der Waals surface area contributed by atoms with E-state index in [0.717, 1.165) is 16.4 Å². The number of aromatic hydroxyl groups is 1. The van der Waals surface area contributed by atoms with Crippen molar-refractivity contribution in [2.75, 3.05) is 5.32 Å². The first-order valence-electron chi connectivity index (χ1n) is 8.50. The molecule has 0 saturated carbocycles. The first kappa shape index (κ1) is 20.2. The Morgan fingerprint density at radius 2 is 2.11 bits per heavy atom. The fourth-order valence-corrected chi connectivity index (χ4v) is 4.14. The number of aromatic amines is 2. The number of H-pyrrole nitrogens is 2. The monoisotopic (exact) mass is 423 g/mol. The minimum absolute atomic E-state index is 0.128. The summed E-state index contributed by atoms with van der Waals surface area (Å²) in [4.78, 5) is 36.1. The summed E-state index contributed by atoms with van der Waals surface area (Å²) in [6, 6.07) is 0. The maximum atomic E-state index is 12.0. The van der Waals surface area contributed by atoms with Gasteiger partial charge in [-0.05, 0) is 5.41 Å². The van der Waals surface area contributed by atoms with Crippen molar-refractivity contribution in [2.24, 2.45) is 5.41 Å². The molecule has 3 aromatic heterocycles. The summed E-state index contributed by atoms with van der Waals surface area (Å²) in [6.45, 7) is 6.43. The quantitative estimate of drug-likeness (QED) is 0.429. The molecule has 0 bridgehead atoms. The number of carbonyl (C=O) groups is 1. The molecule has 3 heterocycles. The maximum Gasteiger partial charge on any atom is 0.325 e. The second kappa shape index (κ2) is 8.23. The van der Waals surface area contributed by atoms with Gasteiger partial charge in [0.1, 0.15) is 5.76 Å². The summed E-state index contributed by atoms with van der Waals surface area (Å²) in [7, 11) is 0. The molecule has 0 aliphatic heterocycles. The predicted molar refractivity (Wildman–Crippen MR) is 107 cm³/mol. The molecule has 3 rings (SSSR count). The summed E-state index contributed by atoms with van der Waals surface area (Å²) in [5.41, 5.74) is -0.298. The van der Waals surface area contributed by atoms with Crippen molar-refractivity contribution in [1.29, 1.82) is 0 Å². The van der Waals surface area contributed by atoms with E-state index in [-0.39, 0.29) is 23.4 Å². The van der Waals surface area contributed by atoms with E-state index in [0.29, 0.717) is 16.8 Å². The van der Waals surface area contributed by atoms with Gasteiger partial charge in [-0.1, -0.05) is 32.1 Å². The topological polar surface area (TPSA) is 137 Å². The molecule has 9 nitrogen and oxygen atoms in total. The SMILES string of the molecule is CC(C)(C)Cc1cnc(CSc2cnc(NC(=O)Cc3[nH]c(=O)[nH]c3O)s2)o1. The van der Waals surface area contributed by atoms with Crippen LogP contribution in [0.1, 0.15) is 38.1 Å². The first-order chi connectivity index (χ1) is 13.2. The lowest BCUT2D eigenvalue weighted by Crippen LogP contribution is -2.15. The van der Waals surface area contributed by atoms with Crippen LogP contribution in [0.2, 0.25) is 0 Å². The zero-order valence-electron chi connectivity index (χ0n) is 15.7. The molecule has 0 radical (unpaired) electrons. The van der Waals surface area contributed by atoms with Gasteiger partial charge >= 0.3 is 5.69 Å². The molecule has 1 amide bonds. The Balaban J connectivity index is 1.51. The molecular formula is C17H21N5O4S2. The van der Waals surface area contributed by atoms with E-state index in [4.69, 9.17) is 4.42 Å². The van der Waals surface area contributed by atoms with E-state index in [9.17, 15) is 14.7 Å². The van der Waals surface area contributed by atoms with Crippen LogP contribution in [0.25, 0.3) is 0 Å². The third kappa shape index (κ3) is 5.73. The van der Waals surface area contributed by atoms with E-state index in [1.165, 1.54) is 23.1 Å². The zero-order valence-corrected chi connectivity index (χ0v) is 17.3. The maximum absolute atomic E-state index is 12.0. The number of thiazole rings is 1. The number of nitrogens with zero attached hydrogens (tertiary/aromatic N) is 2. The molecule has 11 heteroatoms.